The monoisotopic (exact) mass is 262 g/mol. The lowest BCUT2D eigenvalue weighted by molar-refractivity contribution is 0.142. The Bertz CT molecular complexity index is 294. The van der Waals surface area contributed by atoms with Gasteiger partial charge in [0.15, 0.2) is 0 Å². The molecule has 0 heteroatoms. The standard InChI is InChI=1S/C19H34/c1-3-19(2)12-5-8-16(11-13-19)18-10-9-15-6-4-7-17(15)14-18/h15-18H,3-14H2,1-2H3. The van der Waals surface area contributed by atoms with Gasteiger partial charge in [0.05, 0.1) is 0 Å². The maximum absolute atomic E-state index is 2.54. The van der Waals surface area contributed by atoms with Gasteiger partial charge in [0.2, 0.25) is 0 Å². The molecule has 110 valence electrons. The fraction of sp³-hybridized carbons (Fsp3) is 1.00. The Hall–Kier alpha value is 0. The first-order valence-electron chi connectivity index (χ1n) is 9.20. The Labute approximate surface area is 120 Å². The molecule has 0 saturated heterocycles. The van der Waals surface area contributed by atoms with E-state index in [1.165, 1.54) is 25.7 Å². The van der Waals surface area contributed by atoms with Crippen molar-refractivity contribution in [3.8, 4) is 0 Å². The Morgan fingerprint density at radius 2 is 1.37 bits per heavy atom. The van der Waals surface area contributed by atoms with E-state index in [4.69, 9.17) is 0 Å². The van der Waals surface area contributed by atoms with E-state index in [0.29, 0.717) is 5.41 Å². The SMILES string of the molecule is CCC1(C)CCCC(C2CCC3CCCC3C2)CC1. The first-order valence-corrected chi connectivity index (χ1v) is 9.20. The topological polar surface area (TPSA) is 0 Å². The quantitative estimate of drug-likeness (QED) is 0.520. The van der Waals surface area contributed by atoms with Gasteiger partial charge in [-0.1, -0.05) is 52.4 Å². The van der Waals surface area contributed by atoms with Gasteiger partial charge in [-0.2, -0.15) is 0 Å². The summed E-state index contributed by atoms with van der Waals surface area (Å²) in [6, 6.07) is 0. The van der Waals surface area contributed by atoms with Crippen molar-refractivity contribution in [2.75, 3.05) is 0 Å². The van der Waals surface area contributed by atoms with Crippen LogP contribution in [-0.4, -0.2) is 0 Å². The Kier molecular flexibility index (Phi) is 4.25. The summed E-state index contributed by atoms with van der Waals surface area (Å²) in [5.74, 6) is 4.48. The lowest BCUT2D eigenvalue weighted by atomic mass is 9.69. The van der Waals surface area contributed by atoms with Gasteiger partial charge in [-0.15, -0.1) is 0 Å². The molecule has 5 atom stereocenters. The molecule has 3 saturated carbocycles. The molecule has 3 aliphatic carbocycles. The molecule has 0 spiro atoms. The summed E-state index contributed by atoms with van der Waals surface area (Å²) < 4.78 is 0. The van der Waals surface area contributed by atoms with Crippen LogP contribution in [0.4, 0.5) is 0 Å². The number of hydrogen-bond acceptors (Lipinski definition) is 0. The molecule has 0 aromatic rings. The molecule has 0 aromatic carbocycles. The highest BCUT2D eigenvalue weighted by molar-refractivity contribution is 4.89. The van der Waals surface area contributed by atoms with E-state index in [-0.39, 0.29) is 0 Å². The molecular weight excluding hydrogens is 228 g/mol. The molecule has 5 unspecified atom stereocenters. The summed E-state index contributed by atoms with van der Waals surface area (Å²) in [5, 5.41) is 0. The van der Waals surface area contributed by atoms with Gasteiger partial charge in [-0.05, 0) is 67.6 Å². The van der Waals surface area contributed by atoms with Crippen molar-refractivity contribution < 1.29 is 0 Å². The second-order valence-corrected chi connectivity index (χ2v) is 8.38. The van der Waals surface area contributed by atoms with Crippen LogP contribution in [0.25, 0.3) is 0 Å². The van der Waals surface area contributed by atoms with Gasteiger partial charge in [0, 0.05) is 0 Å². The van der Waals surface area contributed by atoms with Gasteiger partial charge in [-0.3, -0.25) is 0 Å². The van der Waals surface area contributed by atoms with E-state index in [0.717, 1.165) is 23.7 Å². The molecule has 0 aromatic heterocycles. The number of rotatable bonds is 2. The van der Waals surface area contributed by atoms with Gasteiger partial charge in [0.1, 0.15) is 0 Å². The van der Waals surface area contributed by atoms with Crippen LogP contribution in [-0.2, 0) is 0 Å². The average molecular weight is 262 g/mol. The zero-order valence-corrected chi connectivity index (χ0v) is 13.3. The molecule has 0 heterocycles. The third-order valence-corrected chi connectivity index (χ3v) is 7.32. The first kappa shape index (κ1) is 14.0. The maximum atomic E-state index is 2.54. The van der Waals surface area contributed by atoms with Gasteiger partial charge < -0.3 is 0 Å². The normalized spacial score (nSPS) is 47.7. The van der Waals surface area contributed by atoms with E-state index < -0.39 is 0 Å². The Balaban J connectivity index is 1.57. The van der Waals surface area contributed by atoms with Crippen molar-refractivity contribution in [3.63, 3.8) is 0 Å². The van der Waals surface area contributed by atoms with Crippen LogP contribution in [0.1, 0.15) is 90.9 Å². The molecule has 19 heavy (non-hydrogen) atoms. The fourth-order valence-electron chi connectivity index (χ4n) is 5.59. The van der Waals surface area contributed by atoms with Crippen LogP contribution in [0.2, 0.25) is 0 Å². The van der Waals surface area contributed by atoms with Crippen LogP contribution < -0.4 is 0 Å². The molecule has 0 amide bonds. The van der Waals surface area contributed by atoms with Gasteiger partial charge >= 0.3 is 0 Å². The molecule has 0 radical (unpaired) electrons. The fourth-order valence-corrected chi connectivity index (χ4v) is 5.59. The number of hydrogen-bond donors (Lipinski definition) is 0. The summed E-state index contributed by atoms with van der Waals surface area (Å²) >= 11 is 0. The van der Waals surface area contributed by atoms with Crippen LogP contribution in [0.3, 0.4) is 0 Å². The molecule has 3 rings (SSSR count). The highest BCUT2D eigenvalue weighted by atomic mass is 14.4. The predicted octanol–water partition coefficient (Wildman–Crippen LogP) is 6.20. The van der Waals surface area contributed by atoms with Crippen LogP contribution in [0.5, 0.6) is 0 Å². The molecule has 0 bridgehead atoms. The zero-order valence-electron chi connectivity index (χ0n) is 13.3. The molecular formula is C19H34. The minimum Gasteiger partial charge on any atom is -0.0649 e. The third-order valence-electron chi connectivity index (χ3n) is 7.32. The maximum Gasteiger partial charge on any atom is -0.0328 e. The number of fused-ring (bicyclic) bond motifs is 1. The smallest absolute Gasteiger partial charge is 0.0328 e. The summed E-state index contributed by atoms with van der Waals surface area (Å²) in [5.41, 5.74) is 0.680. The predicted molar refractivity (Wildman–Crippen MR) is 83.1 cm³/mol. The van der Waals surface area contributed by atoms with Crippen LogP contribution in [0, 0.1) is 29.1 Å². The molecule has 3 fully saturated rings. The van der Waals surface area contributed by atoms with Crippen molar-refractivity contribution in [2.24, 2.45) is 29.1 Å². The second-order valence-electron chi connectivity index (χ2n) is 8.38. The lowest BCUT2D eigenvalue weighted by Gasteiger charge is -2.36. The first-order chi connectivity index (χ1) is 9.20. The van der Waals surface area contributed by atoms with Crippen molar-refractivity contribution in [1.29, 1.82) is 0 Å². The van der Waals surface area contributed by atoms with Crippen molar-refractivity contribution in [1.82, 2.24) is 0 Å². The third kappa shape index (κ3) is 3.03. The van der Waals surface area contributed by atoms with Crippen molar-refractivity contribution >= 4 is 0 Å². The molecule has 3 aliphatic rings. The lowest BCUT2D eigenvalue weighted by Crippen LogP contribution is -2.26. The highest BCUT2D eigenvalue weighted by Gasteiger charge is 2.38. The summed E-state index contributed by atoms with van der Waals surface area (Å²) in [6.07, 6.45) is 18.5. The minimum absolute atomic E-state index is 0.680. The summed E-state index contributed by atoms with van der Waals surface area (Å²) in [6.45, 7) is 4.95. The molecule has 0 nitrogen and oxygen atoms in total. The van der Waals surface area contributed by atoms with E-state index in [2.05, 4.69) is 13.8 Å². The van der Waals surface area contributed by atoms with Gasteiger partial charge in [-0.25, -0.2) is 0 Å². The zero-order chi connectivity index (χ0) is 13.3. The van der Waals surface area contributed by atoms with Crippen LogP contribution >= 0.6 is 0 Å². The minimum atomic E-state index is 0.680. The van der Waals surface area contributed by atoms with Crippen LogP contribution in [0.15, 0.2) is 0 Å². The van der Waals surface area contributed by atoms with E-state index in [1.54, 1.807) is 51.4 Å². The molecule has 0 aliphatic heterocycles. The highest BCUT2D eigenvalue weighted by Crippen LogP contribution is 2.49. The van der Waals surface area contributed by atoms with E-state index >= 15 is 0 Å². The summed E-state index contributed by atoms with van der Waals surface area (Å²) in [4.78, 5) is 0. The average Bonchev–Trinajstić information content (AvgIpc) is 2.81. The second kappa shape index (κ2) is 5.78. The van der Waals surface area contributed by atoms with Crippen molar-refractivity contribution in [2.45, 2.75) is 90.9 Å². The van der Waals surface area contributed by atoms with Crippen molar-refractivity contribution in [3.05, 3.63) is 0 Å². The Morgan fingerprint density at radius 1 is 0.737 bits per heavy atom. The summed E-state index contributed by atoms with van der Waals surface area (Å²) in [7, 11) is 0. The van der Waals surface area contributed by atoms with E-state index in [9.17, 15) is 0 Å². The molecule has 0 N–H and O–H groups in total. The van der Waals surface area contributed by atoms with Gasteiger partial charge in [0.25, 0.3) is 0 Å². The Morgan fingerprint density at radius 3 is 2.21 bits per heavy atom. The van der Waals surface area contributed by atoms with E-state index in [1.807, 2.05) is 0 Å². The largest absolute Gasteiger partial charge is 0.0649 e.